The molecule has 0 fully saturated rings. The van der Waals surface area contributed by atoms with Crippen molar-refractivity contribution < 1.29 is 82.2 Å². The molecule has 9 heteroatoms. The summed E-state index contributed by atoms with van der Waals surface area (Å²) in [6.07, 6.45) is 0. The summed E-state index contributed by atoms with van der Waals surface area (Å²) in [6.45, 7) is -6.06. The van der Waals surface area contributed by atoms with Crippen molar-refractivity contribution in [2.24, 2.45) is 0 Å². The van der Waals surface area contributed by atoms with Gasteiger partial charge in [-0.2, -0.15) is 0 Å². The van der Waals surface area contributed by atoms with E-state index in [1.165, 1.54) is 0 Å². The predicted molar refractivity (Wildman–Crippen MR) is 65.8 cm³/mol. The first-order valence-corrected chi connectivity index (χ1v) is 5.83. The van der Waals surface area contributed by atoms with Gasteiger partial charge in [0.1, 0.15) is 24.1 Å². The van der Waals surface area contributed by atoms with Crippen LogP contribution in [-0.4, -0.2) is 6.98 Å². The van der Waals surface area contributed by atoms with Crippen LogP contribution in [0.25, 0.3) is 0 Å². The van der Waals surface area contributed by atoms with Gasteiger partial charge in [0, 0.05) is 11.6 Å². The van der Waals surface area contributed by atoms with E-state index in [-0.39, 0.29) is 56.9 Å². The maximum absolute atomic E-state index is 13.3. The second-order valence-corrected chi connectivity index (χ2v) is 4.28. The van der Waals surface area contributed by atoms with Crippen molar-refractivity contribution in [3.63, 3.8) is 0 Å². The van der Waals surface area contributed by atoms with Crippen LogP contribution in [0.2, 0.25) is 0 Å². The van der Waals surface area contributed by atoms with Gasteiger partial charge in [-0.3, -0.25) is 0 Å². The van der Waals surface area contributed by atoms with E-state index in [9.17, 15) is 26.1 Å². The van der Waals surface area contributed by atoms with E-state index >= 15 is 0 Å². The summed E-state index contributed by atoms with van der Waals surface area (Å²) < 4.78 is 82.5. The van der Waals surface area contributed by atoms with Gasteiger partial charge >= 0.3 is 58.4 Å². The largest absolute Gasteiger partial charge is 1.00 e. The van der Waals surface area contributed by atoms with Crippen molar-refractivity contribution >= 4 is 12.4 Å². The van der Waals surface area contributed by atoms with E-state index in [2.05, 4.69) is 0 Å². The van der Waals surface area contributed by atoms with Crippen molar-refractivity contribution in [3.05, 3.63) is 59.4 Å². The molecule has 0 aliphatic carbocycles. The number of hydrogen-bond acceptors (Lipinski definition) is 1. The molecule has 0 atom stereocenters. The Labute approximate surface area is 165 Å². The standard InChI is InChI=1S/C13H8BF6O.K/c15-9-2-4-12(17)8(5-9)7-21-13-6-10(16)1-3-11(13)14(18,19)20;/h1-6H,7H2;/q-1;+1. The Kier molecular flexibility index (Phi) is 7.00. The van der Waals surface area contributed by atoms with Crippen molar-refractivity contribution in [2.75, 3.05) is 0 Å². The molecular formula is C13H8BF6KO. The van der Waals surface area contributed by atoms with E-state index in [1.807, 2.05) is 0 Å². The van der Waals surface area contributed by atoms with Gasteiger partial charge < -0.3 is 17.7 Å². The second-order valence-electron chi connectivity index (χ2n) is 4.28. The first-order chi connectivity index (χ1) is 9.77. The van der Waals surface area contributed by atoms with Crippen LogP contribution in [0, 0.1) is 17.5 Å². The van der Waals surface area contributed by atoms with E-state index in [4.69, 9.17) is 4.74 Å². The first kappa shape index (κ1) is 19.6. The van der Waals surface area contributed by atoms with Crippen molar-refractivity contribution in [3.8, 4) is 5.75 Å². The van der Waals surface area contributed by atoms with Gasteiger partial charge in [0.15, 0.2) is 0 Å². The third-order valence-corrected chi connectivity index (χ3v) is 2.72. The monoisotopic (exact) mass is 344 g/mol. The molecule has 1 nitrogen and oxygen atoms in total. The normalized spacial score (nSPS) is 11.0. The van der Waals surface area contributed by atoms with Crippen LogP contribution >= 0.6 is 0 Å². The van der Waals surface area contributed by atoms with E-state index in [0.717, 1.165) is 18.2 Å². The van der Waals surface area contributed by atoms with Crippen molar-refractivity contribution in [2.45, 2.75) is 6.61 Å². The van der Waals surface area contributed by atoms with Crippen molar-refractivity contribution in [1.29, 1.82) is 0 Å². The molecule has 22 heavy (non-hydrogen) atoms. The Morgan fingerprint density at radius 3 is 2.09 bits per heavy atom. The number of benzene rings is 2. The number of rotatable bonds is 4. The molecule has 2 aromatic carbocycles. The minimum absolute atomic E-state index is 0. The topological polar surface area (TPSA) is 9.23 Å². The molecule has 2 aromatic rings. The zero-order valence-corrected chi connectivity index (χ0v) is 14.5. The van der Waals surface area contributed by atoms with Gasteiger partial charge in [-0.15, -0.1) is 0 Å². The molecule has 0 saturated carbocycles. The first-order valence-electron chi connectivity index (χ1n) is 5.83. The molecular weight excluding hydrogens is 336 g/mol. The summed E-state index contributed by atoms with van der Waals surface area (Å²) in [6, 6.07) is 4.25. The van der Waals surface area contributed by atoms with Gasteiger partial charge in [0.25, 0.3) is 0 Å². The van der Waals surface area contributed by atoms with Gasteiger partial charge in [-0.05, 0) is 24.3 Å². The molecule has 0 aliphatic heterocycles. The van der Waals surface area contributed by atoms with Crippen LogP contribution in [0.15, 0.2) is 36.4 Å². The fourth-order valence-electron chi connectivity index (χ4n) is 1.71. The van der Waals surface area contributed by atoms with Gasteiger partial charge in [-0.25, -0.2) is 13.2 Å². The van der Waals surface area contributed by atoms with Gasteiger partial charge in [0.05, 0.1) is 5.75 Å². The Morgan fingerprint density at radius 1 is 0.864 bits per heavy atom. The summed E-state index contributed by atoms with van der Waals surface area (Å²) in [5, 5.41) is 0. The van der Waals surface area contributed by atoms with Crippen LogP contribution in [0.1, 0.15) is 5.56 Å². The minimum atomic E-state index is -5.41. The Hall–Kier alpha value is -0.479. The van der Waals surface area contributed by atoms with Crippen molar-refractivity contribution in [1.82, 2.24) is 0 Å². The average Bonchev–Trinajstić information content (AvgIpc) is 2.38. The van der Waals surface area contributed by atoms with E-state index in [1.54, 1.807) is 0 Å². The molecule has 0 heterocycles. The summed E-state index contributed by atoms with van der Waals surface area (Å²) in [4.78, 5) is 0. The summed E-state index contributed by atoms with van der Waals surface area (Å²) in [5.41, 5.74) is -1.40. The van der Waals surface area contributed by atoms with E-state index in [0.29, 0.717) is 18.2 Å². The fraction of sp³-hybridized carbons (Fsp3) is 0.0769. The molecule has 0 spiro atoms. The molecule has 2 rings (SSSR count). The molecule has 0 bridgehead atoms. The molecule has 0 aromatic heterocycles. The fourth-order valence-corrected chi connectivity index (χ4v) is 1.71. The third-order valence-electron chi connectivity index (χ3n) is 2.72. The minimum Gasteiger partial charge on any atom is -0.492 e. The molecule has 0 saturated heterocycles. The van der Waals surface area contributed by atoms with Crippen LogP contribution in [0.3, 0.4) is 0 Å². The number of halogens is 6. The average molecular weight is 344 g/mol. The summed E-state index contributed by atoms with van der Waals surface area (Å²) >= 11 is 0. The Balaban J connectivity index is 0.00000242. The molecule has 0 N–H and O–H groups in total. The molecule has 0 unspecified atom stereocenters. The van der Waals surface area contributed by atoms with Crippen LogP contribution < -0.4 is 61.6 Å². The predicted octanol–water partition coefficient (Wildman–Crippen LogP) is 0.741. The van der Waals surface area contributed by atoms with Crippen LogP contribution in [-0.2, 0) is 6.61 Å². The smallest absolute Gasteiger partial charge is 0.492 e. The molecule has 0 radical (unpaired) electrons. The zero-order valence-electron chi connectivity index (χ0n) is 11.4. The SMILES string of the molecule is Fc1ccc(F)c(COc2cc(F)ccc2[B-](F)(F)F)c1.[K+]. The van der Waals surface area contributed by atoms with Crippen LogP contribution in [0.4, 0.5) is 26.1 Å². The second kappa shape index (κ2) is 7.87. The molecule has 112 valence electrons. The maximum Gasteiger partial charge on any atom is 1.00 e. The Morgan fingerprint density at radius 2 is 1.45 bits per heavy atom. The maximum atomic E-state index is 13.3. The molecule has 0 amide bonds. The number of ether oxygens (including phenoxy) is 1. The van der Waals surface area contributed by atoms with Gasteiger partial charge in [-0.1, -0.05) is 11.5 Å². The summed E-state index contributed by atoms with van der Waals surface area (Å²) in [5.74, 6) is -3.26. The Bertz CT molecular complexity index is 661. The van der Waals surface area contributed by atoms with E-state index < -0.39 is 42.2 Å². The zero-order chi connectivity index (χ0) is 15.6. The quantitative estimate of drug-likeness (QED) is 0.588. The third kappa shape index (κ3) is 5.02. The van der Waals surface area contributed by atoms with Gasteiger partial charge in [0.2, 0.25) is 0 Å². The molecule has 0 aliphatic rings. The summed E-state index contributed by atoms with van der Waals surface area (Å²) in [7, 11) is 0. The van der Waals surface area contributed by atoms with Crippen LogP contribution in [0.5, 0.6) is 5.75 Å². The number of hydrogen-bond donors (Lipinski definition) is 0.